The van der Waals surface area contributed by atoms with E-state index in [0.29, 0.717) is 26.1 Å². The van der Waals surface area contributed by atoms with E-state index in [9.17, 15) is 18.0 Å². The third-order valence-corrected chi connectivity index (χ3v) is 4.28. The van der Waals surface area contributed by atoms with Crippen LogP contribution in [0.3, 0.4) is 0 Å². The van der Waals surface area contributed by atoms with Crippen LogP contribution in [0.1, 0.15) is 36.1 Å². The quantitative estimate of drug-likeness (QED) is 0.846. The normalized spacial score (nSPS) is 21.2. The van der Waals surface area contributed by atoms with Crippen molar-refractivity contribution in [2.75, 3.05) is 26.3 Å². The number of aryl methyl sites for hydroxylation is 1. The second-order valence-electron chi connectivity index (χ2n) is 5.93. The van der Waals surface area contributed by atoms with E-state index in [2.05, 4.69) is 9.94 Å². The largest absolute Gasteiger partial charge is 0.492 e. The topological polar surface area (TPSA) is 56.6 Å². The van der Waals surface area contributed by atoms with Gasteiger partial charge >= 0.3 is 12.1 Å². The Morgan fingerprint density at radius 1 is 1.35 bits per heavy atom. The van der Waals surface area contributed by atoms with Gasteiger partial charge in [0.1, 0.15) is 0 Å². The van der Waals surface area contributed by atoms with Gasteiger partial charge < -0.3 is 9.57 Å². The number of piperidine rings is 1. The molecule has 2 fully saturated rings. The molecule has 0 spiro atoms. The minimum Gasteiger partial charge on any atom is -0.377 e. The maximum absolute atomic E-state index is 12.2. The third-order valence-electron chi connectivity index (χ3n) is 4.28. The van der Waals surface area contributed by atoms with Crippen LogP contribution in [0.25, 0.3) is 0 Å². The molecule has 0 unspecified atom stereocenters. The number of rotatable bonds is 3. The zero-order valence-electron chi connectivity index (χ0n) is 12.7. The molecule has 3 rings (SSSR count). The van der Waals surface area contributed by atoms with E-state index < -0.39 is 12.1 Å². The van der Waals surface area contributed by atoms with Crippen LogP contribution in [0.5, 0.6) is 0 Å². The highest BCUT2D eigenvalue weighted by molar-refractivity contribution is 5.75. The maximum atomic E-state index is 12.2. The summed E-state index contributed by atoms with van der Waals surface area (Å²) in [5.41, 5.74) is 2.18. The second-order valence-corrected chi connectivity index (χ2v) is 5.93. The van der Waals surface area contributed by atoms with Gasteiger partial charge in [-0.25, -0.2) is 4.79 Å². The summed E-state index contributed by atoms with van der Waals surface area (Å²) in [6.07, 6.45) is -1.92. The van der Waals surface area contributed by atoms with E-state index in [1.807, 2.05) is 17.8 Å². The van der Waals surface area contributed by atoms with Crippen LogP contribution in [0.4, 0.5) is 13.2 Å². The molecule has 3 heterocycles. The number of nitrogens with zero attached hydrogens (tertiary/aromatic N) is 3. The van der Waals surface area contributed by atoms with Crippen molar-refractivity contribution in [1.29, 1.82) is 0 Å². The number of halogens is 3. The van der Waals surface area contributed by atoms with Gasteiger partial charge in [-0.05, 0) is 25.3 Å². The second kappa shape index (κ2) is 6.12. The van der Waals surface area contributed by atoms with Crippen molar-refractivity contribution >= 4 is 5.97 Å². The van der Waals surface area contributed by atoms with Crippen molar-refractivity contribution in [3.63, 3.8) is 0 Å². The summed E-state index contributed by atoms with van der Waals surface area (Å²) < 4.78 is 43.8. The molecule has 9 heteroatoms. The van der Waals surface area contributed by atoms with Crippen LogP contribution < -0.4 is 0 Å². The predicted octanol–water partition coefficient (Wildman–Crippen LogP) is 1.96. The molecular formula is C14H18F3N3O3. The van der Waals surface area contributed by atoms with Crippen molar-refractivity contribution < 1.29 is 27.5 Å². The van der Waals surface area contributed by atoms with Gasteiger partial charge in [0.15, 0.2) is 0 Å². The van der Waals surface area contributed by atoms with Crippen LogP contribution in [0.2, 0.25) is 0 Å². The Kier molecular flexibility index (Phi) is 4.33. The Balaban J connectivity index is 1.61. The fourth-order valence-electron chi connectivity index (χ4n) is 3.01. The van der Waals surface area contributed by atoms with Crippen molar-refractivity contribution in [2.24, 2.45) is 0 Å². The van der Waals surface area contributed by atoms with Crippen molar-refractivity contribution in [1.82, 2.24) is 14.8 Å². The van der Waals surface area contributed by atoms with Gasteiger partial charge in [0.05, 0.1) is 25.5 Å². The minimum atomic E-state index is -4.96. The van der Waals surface area contributed by atoms with Crippen LogP contribution >= 0.6 is 0 Å². The molecule has 0 aliphatic carbocycles. The average Bonchev–Trinajstić information content (AvgIpc) is 2.78. The fraction of sp³-hybridized carbons (Fsp3) is 0.714. The first-order valence-corrected chi connectivity index (χ1v) is 7.52. The molecule has 2 aliphatic heterocycles. The molecule has 0 amide bonds. The number of carbonyl (C=O) groups is 1. The van der Waals surface area contributed by atoms with E-state index in [4.69, 9.17) is 4.74 Å². The number of hydrogen-bond acceptors (Lipinski definition) is 5. The first-order chi connectivity index (χ1) is 10.9. The van der Waals surface area contributed by atoms with Gasteiger partial charge in [0.25, 0.3) is 0 Å². The van der Waals surface area contributed by atoms with Crippen molar-refractivity contribution in [3.8, 4) is 0 Å². The van der Waals surface area contributed by atoms with E-state index >= 15 is 0 Å². The Morgan fingerprint density at radius 3 is 2.52 bits per heavy atom. The molecule has 0 bridgehead atoms. The van der Waals surface area contributed by atoms with E-state index in [0.717, 1.165) is 16.3 Å². The van der Waals surface area contributed by atoms with Gasteiger partial charge in [-0.3, -0.25) is 4.68 Å². The van der Waals surface area contributed by atoms with Gasteiger partial charge in [-0.2, -0.15) is 18.3 Å². The molecule has 0 aromatic carbocycles. The van der Waals surface area contributed by atoms with E-state index in [-0.39, 0.29) is 25.0 Å². The summed E-state index contributed by atoms with van der Waals surface area (Å²) >= 11 is 0. The smallest absolute Gasteiger partial charge is 0.377 e. The first-order valence-electron chi connectivity index (χ1n) is 7.52. The Labute approximate surface area is 131 Å². The highest BCUT2D eigenvalue weighted by Gasteiger charge is 2.43. The molecule has 0 radical (unpaired) electrons. The van der Waals surface area contributed by atoms with E-state index in [1.54, 1.807) is 0 Å². The summed E-state index contributed by atoms with van der Waals surface area (Å²) in [6, 6.07) is 0.236. The Bertz CT molecular complexity index is 576. The van der Waals surface area contributed by atoms with Gasteiger partial charge in [-0.1, -0.05) is 0 Å². The van der Waals surface area contributed by atoms with Crippen molar-refractivity contribution in [2.45, 2.75) is 37.9 Å². The summed E-state index contributed by atoms with van der Waals surface area (Å²) in [5, 5.41) is 5.49. The minimum absolute atomic E-state index is 0.193. The average molecular weight is 333 g/mol. The molecular weight excluding hydrogens is 315 g/mol. The summed E-state index contributed by atoms with van der Waals surface area (Å²) in [7, 11) is 0. The highest BCUT2D eigenvalue weighted by atomic mass is 19.4. The van der Waals surface area contributed by atoms with Crippen LogP contribution in [-0.4, -0.2) is 53.3 Å². The summed E-state index contributed by atoms with van der Waals surface area (Å²) in [6.45, 7) is 3.80. The number of hydrogen-bond donors (Lipinski definition) is 0. The number of alkyl halides is 3. The maximum Gasteiger partial charge on any atom is 0.492 e. The molecule has 6 nitrogen and oxygen atoms in total. The monoisotopic (exact) mass is 333 g/mol. The molecule has 2 saturated heterocycles. The van der Waals surface area contributed by atoms with Crippen molar-refractivity contribution in [3.05, 3.63) is 17.5 Å². The first kappa shape index (κ1) is 16.3. The lowest BCUT2D eigenvalue weighted by Crippen LogP contribution is -2.40. The number of aromatic nitrogens is 2. The lowest BCUT2D eigenvalue weighted by molar-refractivity contribution is -0.241. The molecule has 1 aromatic heterocycles. The molecule has 2 aliphatic rings. The zero-order valence-corrected chi connectivity index (χ0v) is 12.7. The van der Waals surface area contributed by atoms with Gasteiger partial charge in [0, 0.05) is 24.7 Å². The molecule has 0 atom stereocenters. The summed E-state index contributed by atoms with van der Waals surface area (Å²) in [4.78, 5) is 15.3. The lowest BCUT2D eigenvalue weighted by Gasteiger charge is -2.34. The van der Waals surface area contributed by atoms with Gasteiger partial charge in [0.2, 0.25) is 0 Å². The molecule has 1 aromatic rings. The molecule has 0 saturated carbocycles. The molecule has 0 N–H and O–H groups in total. The Morgan fingerprint density at radius 2 is 2.00 bits per heavy atom. The van der Waals surface area contributed by atoms with Crippen LogP contribution in [0.15, 0.2) is 6.20 Å². The third kappa shape index (κ3) is 3.35. The lowest BCUT2D eigenvalue weighted by atomic mass is 9.92. The van der Waals surface area contributed by atoms with Gasteiger partial charge in [-0.15, -0.1) is 5.06 Å². The standard InChI is InChI=1S/C14H18F3N3O3/c1-9-6-18-20(11-7-22-8-11)12(9)10-2-4-19(5-3-10)23-13(21)14(15,16)17/h6,10-11H,2-5,7-8H2,1H3. The predicted molar refractivity (Wildman–Crippen MR) is 72.5 cm³/mol. The van der Waals surface area contributed by atoms with Crippen LogP contribution in [0, 0.1) is 6.92 Å². The van der Waals surface area contributed by atoms with E-state index in [1.165, 1.54) is 0 Å². The van der Waals surface area contributed by atoms with Crippen LogP contribution in [-0.2, 0) is 14.4 Å². The number of hydroxylamine groups is 2. The summed E-state index contributed by atoms with van der Waals surface area (Å²) in [5.74, 6) is -1.97. The Hall–Kier alpha value is -1.61. The fourth-order valence-corrected chi connectivity index (χ4v) is 3.01. The zero-order chi connectivity index (χ0) is 16.6. The SMILES string of the molecule is Cc1cnn(C2COC2)c1C1CCN(OC(=O)C(F)(F)F)CC1. The number of ether oxygens (including phenoxy) is 1. The molecule has 23 heavy (non-hydrogen) atoms. The molecule has 128 valence electrons. The number of carbonyl (C=O) groups excluding carboxylic acids is 1. The highest BCUT2D eigenvalue weighted by Crippen LogP contribution is 2.33.